The Bertz CT molecular complexity index is 330. The summed E-state index contributed by atoms with van der Waals surface area (Å²) in [7, 11) is 0. The van der Waals surface area contributed by atoms with E-state index < -0.39 is 6.04 Å². The zero-order chi connectivity index (χ0) is 12.5. The highest BCUT2D eigenvalue weighted by molar-refractivity contribution is 5.85. The molecule has 1 aromatic rings. The van der Waals surface area contributed by atoms with E-state index in [4.69, 9.17) is 10.5 Å². The van der Waals surface area contributed by atoms with Gasteiger partial charge in [0.05, 0.1) is 6.61 Å². The van der Waals surface area contributed by atoms with Crippen LogP contribution in [0.5, 0.6) is 0 Å². The predicted octanol–water partition coefficient (Wildman–Crippen LogP) is 2.71. The molecule has 1 aromatic carbocycles. The fourth-order valence-corrected chi connectivity index (χ4v) is 1.58. The van der Waals surface area contributed by atoms with Gasteiger partial charge in [-0.3, -0.25) is 4.79 Å². The van der Waals surface area contributed by atoms with Crippen molar-refractivity contribution in [3.8, 4) is 0 Å². The number of carbonyl (C=O) groups excluding carboxylic acids is 1. The molecular formula is C14H22ClNO2. The molecule has 0 amide bonds. The molecule has 0 bridgehead atoms. The molecular weight excluding hydrogens is 250 g/mol. The average Bonchev–Trinajstić information content (AvgIpc) is 2.35. The molecule has 4 heteroatoms. The Labute approximate surface area is 115 Å². The van der Waals surface area contributed by atoms with Gasteiger partial charge in [-0.15, -0.1) is 12.4 Å². The molecule has 18 heavy (non-hydrogen) atoms. The van der Waals surface area contributed by atoms with E-state index in [1.54, 1.807) is 0 Å². The van der Waals surface area contributed by atoms with E-state index >= 15 is 0 Å². The Morgan fingerprint density at radius 3 is 2.56 bits per heavy atom. The summed E-state index contributed by atoms with van der Waals surface area (Å²) < 4.78 is 5.11. The van der Waals surface area contributed by atoms with Gasteiger partial charge in [0.1, 0.15) is 6.04 Å². The van der Waals surface area contributed by atoms with Crippen LogP contribution < -0.4 is 5.73 Å². The fourth-order valence-electron chi connectivity index (χ4n) is 1.58. The van der Waals surface area contributed by atoms with Crippen LogP contribution in [0.25, 0.3) is 0 Å². The second-order valence-electron chi connectivity index (χ2n) is 4.17. The highest BCUT2D eigenvalue weighted by Crippen LogP contribution is 2.03. The number of nitrogens with two attached hydrogens (primary N) is 1. The third-order valence-corrected chi connectivity index (χ3v) is 2.59. The molecule has 0 aliphatic carbocycles. The van der Waals surface area contributed by atoms with E-state index in [-0.39, 0.29) is 18.4 Å². The number of rotatable bonds is 7. The normalized spacial score (nSPS) is 11.4. The summed E-state index contributed by atoms with van der Waals surface area (Å²) in [6.45, 7) is 2.60. The van der Waals surface area contributed by atoms with Crippen LogP contribution in [-0.2, 0) is 16.0 Å². The van der Waals surface area contributed by atoms with E-state index in [0.29, 0.717) is 13.0 Å². The number of carbonyl (C=O) groups is 1. The summed E-state index contributed by atoms with van der Waals surface area (Å²) in [6, 6.07) is 9.19. The average molecular weight is 272 g/mol. The Morgan fingerprint density at radius 1 is 1.28 bits per heavy atom. The first kappa shape index (κ1) is 16.9. The van der Waals surface area contributed by atoms with Crippen molar-refractivity contribution in [1.82, 2.24) is 0 Å². The number of halogens is 1. The quantitative estimate of drug-likeness (QED) is 0.613. The fraction of sp³-hybridized carbons (Fsp3) is 0.500. The predicted molar refractivity (Wildman–Crippen MR) is 75.9 cm³/mol. The summed E-state index contributed by atoms with van der Waals surface area (Å²) in [4.78, 5) is 11.6. The minimum atomic E-state index is -0.556. The third kappa shape index (κ3) is 6.62. The van der Waals surface area contributed by atoms with Gasteiger partial charge >= 0.3 is 5.97 Å². The Hall–Kier alpha value is -1.06. The number of hydrogen-bond donors (Lipinski definition) is 1. The maximum absolute atomic E-state index is 11.6. The van der Waals surface area contributed by atoms with Crippen LogP contribution in [-0.4, -0.2) is 18.6 Å². The topological polar surface area (TPSA) is 52.3 Å². The van der Waals surface area contributed by atoms with Gasteiger partial charge in [-0.2, -0.15) is 0 Å². The summed E-state index contributed by atoms with van der Waals surface area (Å²) in [5.74, 6) is -0.301. The lowest BCUT2D eigenvalue weighted by Gasteiger charge is -2.11. The lowest BCUT2D eigenvalue weighted by molar-refractivity contribution is -0.145. The van der Waals surface area contributed by atoms with Crippen molar-refractivity contribution >= 4 is 18.4 Å². The minimum Gasteiger partial charge on any atom is -0.465 e. The van der Waals surface area contributed by atoms with Crippen LogP contribution in [0, 0.1) is 0 Å². The summed E-state index contributed by atoms with van der Waals surface area (Å²) >= 11 is 0. The molecule has 0 unspecified atom stereocenters. The van der Waals surface area contributed by atoms with Gasteiger partial charge in [0.15, 0.2) is 0 Å². The molecule has 1 atom stereocenters. The lowest BCUT2D eigenvalue weighted by Crippen LogP contribution is -2.34. The Morgan fingerprint density at radius 2 is 1.94 bits per heavy atom. The monoisotopic (exact) mass is 271 g/mol. The van der Waals surface area contributed by atoms with Crippen LogP contribution in [0.15, 0.2) is 30.3 Å². The van der Waals surface area contributed by atoms with E-state index in [9.17, 15) is 4.79 Å². The van der Waals surface area contributed by atoms with E-state index in [1.165, 1.54) is 0 Å². The minimum absolute atomic E-state index is 0. The third-order valence-electron chi connectivity index (χ3n) is 2.59. The first-order valence-corrected chi connectivity index (χ1v) is 6.20. The van der Waals surface area contributed by atoms with Gasteiger partial charge in [-0.1, -0.05) is 50.1 Å². The van der Waals surface area contributed by atoms with E-state index in [0.717, 1.165) is 24.8 Å². The van der Waals surface area contributed by atoms with Crippen molar-refractivity contribution in [2.24, 2.45) is 5.73 Å². The molecule has 2 N–H and O–H groups in total. The zero-order valence-electron chi connectivity index (χ0n) is 10.8. The molecule has 0 heterocycles. The van der Waals surface area contributed by atoms with Crippen molar-refractivity contribution in [2.45, 2.75) is 38.6 Å². The highest BCUT2D eigenvalue weighted by Gasteiger charge is 2.14. The molecule has 0 aliphatic heterocycles. The van der Waals surface area contributed by atoms with Crippen molar-refractivity contribution in [2.75, 3.05) is 6.61 Å². The van der Waals surface area contributed by atoms with Crippen LogP contribution in [0.4, 0.5) is 0 Å². The van der Waals surface area contributed by atoms with Gasteiger partial charge < -0.3 is 10.5 Å². The lowest BCUT2D eigenvalue weighted by atomic mass is 10.1. The van der Waals surface area contributed by atoms with Gasteiger partial charge in [0.25, 0.3) is 0 Å². The Balaban J connectivity index is 0.00000289. The second-order valence-corrected chi connectivity index (χ2v) is 4.17. The first-order chi connectivity index (χ1) is 8.24. The number of hydrogen-bond acceptors (Lipinski definition) is 3. The SMILES string of the molecule is CCCCCOC(=O)[C@@H](N)Cc1ccccc1.Cl. The number of benzene rings is 1. The summed E-state index contributed by atoms with van der Waals surface area (Å²) in [5, 5.41) is 0. The van der Waals surface area contributed by atoms with Gasteiger partial charge in [-0.25, -0.2) is 0 Å². The van der Waals surface area contributed by atoms with Crippen LogP contribution >= 0.6 is 12.4 Å². The van der Waals surface area contributed by atoms with Crippen LogP contribution in [0.3, 0.4) is 0 Å². The maximum Gasteiger partial charge on any atom is 0.323 e. The largest absolute Gasteiger partial charge is 0.465 e. The molecule has 3 nitrogen and oxygen atoms in total. The zero-order valence-corrected chi connectivity index (χ0v) is 11.6. The Kier molecular flexibility index (Phi) is 9.33. The number of unbranched alkanes of at least 4 members (excludes halogenated alkanes) is 2. The van der Waals surface area contributed by atoms with Crippen molar-refractivity contribution in [3.63, 3.8) is 0 Å². The van der Waals surface area contributed by atoms with Crippen molar-refractivity contribution < 1.29 is 9.53 Å². The molecule has 102 valence electrons. The van der Waals surface area contributed by atoms with Gasteiger partial charge in [-0.05, 0) is 18.4 Å². The molecule has 0 saturated heterocycles. The van der Waals surface area contributed by atoms with Gasteiger partial charge in [0, 0.05) is 0 Å². The highest BCUT2D eigenvalue weighted by atomic mass is 35.5. The van der Waals surface area contributed by atoms with Gasteiger partial charge in [0.2, 0.25) is 0 Å². The van der Waals surface area contributed by atoms with E-state index in [2.05, 4.69) is 6.92 Å². The smallest absolute Gasteiger partial charge is 0.323 e. The van der Waals surface area contributed by atoms with Crippen LogP contribution in [0.1, 0.15) is 31.7 Å². The van der Waals surface area contributed by atoms with E-state index in [1.807, 2.05) is 30.3 Å². The molecule has 0 saturated carbocycles. The van der Waals surface area contributed by atoms with Crippen LogP contribution in [0.2, 0.25) is 0 Å². The molecule has 0 aromatic heterocycles. The second kappa shape index (κ2) is 9.92. The maximum atomic E-state index is 11.6. The first-order valence-electron chi connectivity index (χ1n) is 6.20. The molecule has 0 aliphatic rings. The number of esters is 1. The molecule has 1 rings (SSSR count). The standard InChI is InChI=1S/C14H21NO2.ClH/c1-2-3-7-10-17-14(16)13(15)11-12-8-5-4-6-9-12;/h4-6,8-9,13H,2-3,7,10-11,15H2,1H3;1H/t13-;/m0./s1. The summed E-state index contributed by atoms with van der Waals surface area (Å²) in [6.07, 6.45) is 3.66. The van der Waals surface area contributed by atoms with Crippen molar-refractivity contribution in [1.29, 1.82) is 0 Å². The summed E-state index contributed by atoms with van der Waals surface area (Å²) in [5.41, 5.74) is 6.85. The molecule has 0 spiro atoms. The van der Waals surface area contributed by atoms with Crippen molar-refractivity contribution in [3.05, 3.63) is 35.9 Å². The molecule has 0 fully saturated rings. The molecule has 0 radical (unpaired) electrons. The number of ether oxygens (including phenoxy) is 1.